The predicted octanol–water partition coefficient (Wildman–Crippen LogP) is 7.49. The molecular weight excluding hydrogens is 410 g/mol. The van der Waals surface area contributed by atoms with E-state index in [0.717, 1.165) is 32.3 Å². The lowest BCUT2D eigenvalue weighted by Gasteiger charge is -2.58. The number of piperidine rings is 1. The van der Waals surface area contributed by atoms with E-state index in [0.29, 0.717) is 17.9 Å². The molecule has 196 valence electrons. The first-order valence-electron chi connectivity index (χ1n) is 13.4. The maximum absolute atomic E-state index is 13.3. The summed E-state index contributed by atoms with van der Waals surface area (Å²) in [4.78, 5) is 15.8. The molecule has 0 N–H and O–H groups in total. The van der Waals surface area contributed by atoms with Crippen LogP contribution in [0.3, 0.4) is 0 Å². The third kappa shape index (κ3) is 9.88. The van der Waals surface area contributed by atoms with Crippen molar-refractivity contribution in [3.8, 4) is 0 Å². The van der Waals surface area contributed by atoms with E-state index in [1.807, 2.05) is 6.92 Å². The first kappa shape index (κ1) is 30.4. The van der Waals surface area contributed by atoms with Gasteiger partial charge in [0.1, 0.15) is 6.04 Å². The molecule has 1 fully saturated rings. The van der Waals surface area contributed by atoms with Crippen molar-refractivity contribution >= 4 is 5.97 Å². The van der Waals surface area contributed by atoms with Crippen molar-refractivity contribution < 1.29 is 14.3 Å². The van der Waals surface area contributed by atoms with E-state index >= 15 is 0 Å². The number of hydrogen-bond donors (Lipinski definition) is 0. The van der Waals surface area contributed by atoms with Gasteiger partial charge in [0.2, 0.25) is 0 Å². The summed E-state index contributed by atoms with van der Waals surface area (Å²) in [5.74, 6) is 0.793. The highest BCUT2D eigenvalue weighted by molar-refractivity contribution is 5.76. The number of nitrogens with zero attached hydrogens (tertiary/aromatic N) is 1. The first-order valence-corrected chi connectivity index (χ1v) is 13.4. The molecule has 0 radical (unpaired) electrons. The highest BCUT2D eigenvalue weighted by Gasteiger charge is 2.52. The van der Waals surface area contributed by atoms with Crippen LogP contribution in [0.15, 0.2) is 0 Å². The number of ether oxygens (including phenoxy) is 2. The average Bonchev–Trinajstić information content (AvgIpc) is 2.54. The average molecular weight is 468 g/mol. The molecule has 1 saturated heterocycles. The molecule has 0 aromatic heterocycles. The Bertz CT molecular complexity index is 593. The number of rotatable bonds is 10. The molecule has 0 aromatic carbocycles. The first-order chi connectivity index (χ1) is 14.8. The van der Waals surface area contributed by atoms with E-state index in [1.54, 1.807) is 0 Å². The molecule has 4 heteroatoms. The van der Waals surface area contributed by atoms with Crippen LogP contribution >= 0.6 is 0 Å². The lowest BCUT2D eigenvalue weighted by molar-refractivity contribution is -0.174. The molecule has 1 aliphatic rings. The van der Waals surface area contributed by atoms with Crippen LogP contribution in [-0.2, 0) is 14.3 Å². The topological polar surface area (TPSA) is 38.8 Å². The van der Waals surface area contributed by atoms with Gasteiger partial charge in [0.15, 0.2) is 0 Å². The van der Waals surface area contributed by atoms with E-state index in [9.17, 15) is 4.79 Å². The second kappa shape index (κ2) is 11.4. The molecule has 0 aliphatic carbocycles. The normalized spacial score (nSPS) is 22.6. The van der Waals surface area contributed by atoms with Crippen LogP contribution in [-0.4, -0.2) is 47.3 Å². The largest absolute Gasteiger partial charge is 0.465 e. The van der Waals surface area contributed by atoms with Crippen molar-refractivity contribution in [3.05, 3.63) is 0 Å². The molecule has 33 heavy (non-hydrogen) atoms. The lowest BCUT2D eigenvalue weighted by Crippen LogP contribution is -2.68. The molecule has 0 aromatic rings. The molecule has 0 spiro atoms. The maximum atomic E-state index is 13.3. The Morgan fingerprint density at radius 1 is 0.939 bits per heavy atom. The van der Waals surface area contributed by atoms with Crippen molar-refractivity contribution in [1.29, 1.82) is 0 Å². The number of likely N-dealkylation sites (tertiary alicyclic amines) is 1. The quantitative estimate of drug-likeness (QED) is 0.312. The van der Waals surface area contributed by atoms with Crippen molar-refractivity contribution in [2.45, 2.75) is 145 Å². The fraction of sp³-hybridized carbons (Fsp3) is 0.966. The Kier molecular flexibility index (Phi) is 10.5. The minimum atomic E-state index is -0.248. The van der Waals surface area contributed by atoms with Crippen LogP contribution in [0.4, 0.5) is 0 Å². The van der Waals surface area contributed by atoms with Crippen LogP contribution < -0.4 is 0 Å². The molecule has 3 unspecified atom stereocenters. The predicted molar refractivity (Wildman–Crippen MR) is 140 cm³/mol. The highest BCUT2D eigenvalue weighted by atomic mass is 16.5. The van der Waals surface area contributed by atoms with Crippen LogP contribution in [0, 0.1) is 22.7 Å². The van der Waals surface area contributed by atoms with Gasteiger partial charge >= 0.3 is 5.97 Å². The molecule has 0 amide bonds. The standard InChI is InChI=1S/C29H57NO3/c1-14-32-25(31)24(22(3)18-27(7,8)9)30-28(10,11)19-23(20-29(30,12)13)33-16-15-21(2)17-26(4,5)6/h21-24H,14-20H2,1-13H3. The van der Waals surface area contributed by atoms with Crippen LogP contribution in [0.25, 0.3) is 0 Å². The minimum Gasteiger partial charge on any atom is -0.465 e. The van der Waals surface area contributed by atoms with Crippen molar-refractivity contribution in [1.82, 2.24) is 4.90 Å². The zero-order valence-electron chi connectivity index (χ0n) is 24.4. The Labute approximate surface area is 206 Å². The summed E-state index contributed by atoms with van der Waals surface area (Å²) in [5.41, 5.74) is 0.199. The summed E-state index contributed by atoms with van der Waals surface area (Å²) in [6, 6.07) is -0.248. The summed E-state index contributed by atoms with van der Waals surface area (Å²) in [7, 11) is 0. The number of hydrogen-bond acceptors (Lipinski definition) is 4. The SMILES string of the molecule is CCOC(=O)C(C(C)CC(C)(C)C)N1C(C)(C)CC(OCCC(C)CC(C)(C)C)CC1(C)C. The van der Waals surface area contributed by atoms with Gasteiger partial charge in [-0.2, -0.15) is 0 Å². The van der Waals surface area contributed by atoms with Crippen molar-refractivity contribution in [3.63, 3.8) is 0 Å². The third-order valence-electron chi connectivity index (χ3n) is 6.96. The Morgan fingerprint density at radius 2 is 1.42 bits per heavy atom. The third-order valence-corrected chi connectivity index (χ3v) is 6.96. The molecule has 4 nitrogen and oxygen atoms in total. The molecule has 3 atom stereocenters. The fourth-order valence-electron chi connectivity index (χ4n) is 6.55. The van der Waals surface area contributed by atoms with Gasteiger partial charge < -0.3 is 9.47 Å². The summed E-state index contributed by atoms with van der Waals surface area (Å²) >= 11 is 0. The number of carbonyl (C=O) groups is 1. The zero-order chi connectivity index (χ0) is 25.8. The van der Waals surface area contributed by atoms with Crippen molar-refractivity contribution in [2.24, 2.45) is 22.7 Å². The Hall–Kier alpha value is -0.610. The smallest absolute Gasteiger partial charge is 0.323 e. The molecule has 1 heterocycles. The second-order valence-electron chi connectivity index (χ2n) is 14.5. The van der Waals surface area contributed by atoms with Crippen LogP contribution in [0.2, 0.25) is 0 Å². The summed E-state index contributed by atoms with van der Waals surface area (Å²) in [5, 5.41) is 0. The summed E-state index contributed by atoms with van der Waals surface area (Å²) in [6.07, 6.45) is 5.38. The minimum absolute atomic E-state index is 0.0780. The Morgan fingerprint density at radius 3 is 1.85 bits per heavy atom. The monoisotopic (exact) mass is 467 g/mol. The van der Waals surface area contributed by atoms with E-state index in [2.05, 4.69) is 88.0 Å². The van der Waals surface area contributed by atoms with Gasteiger partial charge in [0.05, 0.1) is 12.7 Å². The summed E-state index contributed by atoms with van der Waals surface area (Å²) in [6.45, 7) is 30.5. The van der Waals surface area contributed by atoms with E-state index in [1.165, 1.54) is 6.42 Å². The highest BCUT2D eigenvalue weighted by Crippen LogP contribution is 2.44. The molecule has 0 saturated carbocycles. The van der Waals surface area contributed by atoms with Gasteiger partial charge in [-0.05, 0) is 89.4 Å². The van der Waals surface area contributed by atoms with Gasteiger partial charge in [0, 0.05) is 17.7 Å². The van der Waals surface area contributed by atoms with Crippen LogP contribution in [0.5, 0.6) is 0 Å². The van der Waals surface area contributed by atoms with Crippen molar-refractivity contribution in [2.75, 3.05) is 13.2 Å². The lowest BCUT2D eigenvalue weighted by atomic mass is 9.73. The molecule has 0 bridgehead atoms. The molecular formula is C29H57NO3. The van der Waals surface area contributed by atoms with Gasteiger partial charge in [-0.15, -0.1) is 0 Å². The van der Waals surface area contributed by atoms with Gasteiger partial charge in [-0.25, -0.2) is 0 Å². The fourth-order valence-corrected chi connectivity index (χ4v) is 6.55. The molecule has 1 aliphatic heterocycles. The van der Waals surface area contributed by atoms with Gasteiger partial charge in [-0.3, -0.25) is 9.69 Å². The summed E-state index contributed by atoms with van der Waals surface area (Å²) < 4.78 is 12.1. The van der Waals surface area contributed by atoms with E-state index in [4.69, 9.17) is 9.47 Å². The Balaban J connectivity index is 3.01. The molecule has 1 rings (SSSR count). The van der Waals surface area contributed by atoms with E-state index < -0.39 is 0 Å². The maximum Gasteiger partial charge on any atom is 0.323 e. The second-order valence-corrected chi connectivity index (χ2v) is 14.5. The van der Waals surface area contributed by atoms with Crippen LogP contribution in [0.1, 0.15) is 122 Å². The van der Waals surface area contributed by atoms with Gasteiger partial charge in [0.25, 0.3) is 0 Å². The zero-order valence-corrected chi connectivity index (χ0v) is 24.4. The van der Waals surface area contributed by atoms with E-state index in [-0.39, 0.29) is 40.5 Å². The van der Waals surface area contributed by atoms with Gasteiger partial charge in [-0.1, -0.05) is 55.4 Å². The number of carbonyl (C=O) groups excluding carboxylic acids is 1. The number of esters is 1.